The quantitative estimate of drug-likeness (QED) is 0.647. The number of rotatable bonds is 5. The van der Waals surface area contributed by atoms with Gasteiger partial charge in [-0.25, -0.2) is 13.6 Å². The van der Waals surface area contributed by atoms with Gasteiger partial charge in [0.25, 0.3) is 0 Å². The van der Waals surface area contributed by atoms with Crippen molar-refractivity contribution in [2.24, 2.45) is 0 Å². The molecular weight excluding hydrogens is 388 g/mol. The first-order chi connectivity index (χ1) is 14.2. The molecule has 158 valence electrons. The van der Waals surface area contributed by atoms with Crippen LogP contribution in [0.4, 0.5) is 8.78 Å². The van der Waals surface area contributed by atoms with E-state index < -0.39 is 23.5 Å². The Labute approximate surface area is 175 Å². The molecule has 1 amide bonds. The molecule has 0 spiro atoms. The van der Waals surface area contributed by atoms with Crippen LogP contribution in [-0.4, -0.2) is 22.9 Å². The first kappa shape index (κ1) is 21.7. The van der Waals surface area contributed by atoms with Crippen molar-refractivity contribution in [2.75, 3.05) is 0 Å². The Morgan fingerprint density at radius 3 is 2.37 bits per heavy atom. The molecule has 1 unspecified atom stereocenters. The topological polar surface area (TPSA) is 46.6 Å². The number of benzene rings is 2. The number of esters is 1. The Kier molecular flexibility index (Phi) is 6.34. The van der Waals surface area contributed by atoms with Crippen LogP contribution in [0.2, 0.25) is 0 Å². The van der Waals surface area contributed by atoms with Gasteiger partial charge in [-0.2, -0.15) is 0 Å². The molecular formula is C24H25F2NO3. The van der Waals surface area contributed by atoms with Crippen molar-refractivity contribution < 1.29 is 23.1 Å². The lowest BCUT2D eigenvalue weighted by molar-refractivity contribution is -0.143. The monoisotopic (exact) mass is 413 g/mol. The number of amides is 1. The molecule has 0 N–H and O–H groups in total. The van der Waals surface area contributed by atoms with Crippen LogP contribution >= 0.6 is 0 Å². The van der Waals surface area contributed by atoms with Gasteiger partial charge < -0.3 is 9.64 Å². The number of hydrogen-bond donors (Lipinski definition) is 0. The van der Waals surface area contributed by atoms with E-state index in [1.54, 1.807) is 20.8 Å². The van der Waals surface area contributed by atoms with Gasteiger partial charge in [-0.05, 0) is 56.5 Å². The van der Waals surface area contributed by atoms with Crippen molar-refractivity contribution >= 4 is 11.9 Å². The lowest BCUT2D eigenvalue weighted by Crippen LogP contribution is -2.38. The molecule has 0 radical (unpaired) electrons. The molecule has 1 aliphatic heterocycles. The van der Waals surface area contributed by atoms with Crippen LogP contribution < -0.4 is 0 Å². The van der Waals surface area contributed by atoms with Crippen molar-refractivity contribution in [3.05, 3.63) is 82.1 Å². The predicted octanol–water partition coefficient (Wildman–Crippen LogP) is 5.01. The Morgan fingerprint density at radius 1 is 1.13 bits per heavy atom. The minimum atomic E-state index is -0.715. The number of halogens is 2. The molecule has 0 aromatic heterocycles. The highest BCUT2D eigenvalue weighted by molar-refractivity contribution is 5.96. The first-order valence-electron chi connectivity index (χ1n) is 9.90. The van der Waals surface area contributed by atoms with Crippen LogP contribution in [-0.2, 0) is 20.9 Å². The Hall–Kier alpha value is -3.02. The van der Waals surface area contributed by atoms with E-state index in [1.807, 2.05) is 31.2 Å². The zero-order valence-corrected chi connectivity index (χ0v) is 17.5. The molecule has 0 aliphatic carbocycles. The number of allylic oxidation sites excluding steroid dienone is 1. The third kappa shape index (κ3) is 4.58. The molecule has 4 nitrogen and oxygen atoms in total. The highest BCUT2D eigenvalue weighted by atomic mass is 19.1. The molecule has 3 rings (SSSR count). The SMILES string of the molecule is CC1=C(C(=O)OC(C)C)C(c2ccccc2C)CC(=O)N1Cc1cc(F)cc(F)c1. The van der Waals surface area contributed by atoms with Crippen molar-refractivity contribution in [1.82, 2.24) is 4.90 Å². The Bertz CT molecular complexity index is 993. The van der Waals surface area contributed by atoms with E-state index in [-0.39, 0.29) is 25.0 Å². The maximum atomic E-state index is 13.6. The van der Waals surface area contributed by atoms with Crippen LogP contribution in [0.25, 0.3) is 0 Å². The van der Waals surface area contributed by atoms with Gasteiger partial charge in [0.05, 0.1) is 18.2 Å². The van der Waals surface area contributed by atoms with Crippen LogP contribution in [0.3, 0.4) is 0 Å². The van der Waals surface area contributed by atoms with E-state index in [0.29, 0.717) is 16.8 Å². The molecule has 0 saturated carbocycles. The highest BCUT2D eigenvalue weighted by Gasteiger charge is 2.37. The van der Waals surface area contributed by atoms with E-state index in [4.69, 9.17) is 4.74 Å². The molecule has 0 saturated heterocycles. The summed E-state index contributed by atoms with van der Waals surface area (Å²) in [6.45, 7) is 7.10. The third-order valence-corrected chi connectivity index (χ3v) is 5.21. The van der Waals surface area contributed by atoms with Gasteiger partial charge in [-0.15, -0.1) is 0 Å². The summed E-state index contributed by atoms with van der Waals surface area (Å²) in [5.74, 6) is -2.57. The standard InChI is InChI=1S/C24H25F2NO3/c1-14(2)30-24(29)23-16(4)27(13-17-9-18(25)11-19(26)10-17)22(28)12-21(23)20-8-6-5-7-15(20)3/h5-11,14,21H,12-13H2,1-4H3. The van der Waals surface area contributed by atoms with E-state index >= 15 is 0 Å². The van der Waals surface area contributed by atoms with Crippen LogP contribution in [0, 0.1) is 18.6 Å². The second-order valence-electron chi connectivity index (χ2n) is 7.82. The summed E-state index contributed by atoms with van der Waals surface area (Å²) >= 11 is 0. The van der Waals surface area contributed by atoms with Crippen molar-refractivity contribution in [1.29, 1.82) is 0 Å². The average molecular weight is 413 g/mol. The normalized spacial score (nSPS) is 17.0. The second-order valence-corrected chi connectivity index (χ2v) is 7.82. The average Bonchev–Trinajstić information content (AvgIpc) is 2.63. The zero-order chi connectivity index (χ0) is 22.0. The summed E-state index contributed by atoms with van der Waals surface area (Å²) in [6.07, 6.45) is -0.249. The highest BCUT2D eigenvalue weighted by Crippen LogP contribution is 2.39. The number of aryl methyl sites for hydroxylation is 1. The second kappa shape index (κ2) is 8.78. The molecule has 2 aromatic carbocycles. The summed E-state index contributed by atoms with van der Waals surface area (Å²) in [7, 11) is 0. The smallest absolute Gasteiger partial charge is 0.336 e. The van der Waals surface area contributed by atoms with Crippen molar-refractivity contribution in [3.8, 4) is 0 Å². The fraction of sp³-hybridized carbons (Fsp3) is 0.333. The Morgan fingerprint density at radius 2 is 1.77 bits per heavy atom. The largest absolute Gasteiger partial charge is 0.460 e. The Balaban J connectivity index is 2.07. The summed E-state index contributed by atoms with van der Waals surface area (Å²) in [4.78, 5) is 27.4. The fourth-order valence-corrected chi connectivity index (χ4v) is 3.87. The van der Waals surface area contributed by atoms with Gasteiger partial charge in [0, 0.05) is 24.1 Å². The van der Waals surface area contributed by atoms with E-state index in [0.717, 1.165) is 17.2 Å². The molecule has 1 aliphatic rings. The predicted molar refractivity (Wildman–Crippen MR) is 109 cm³/mol. The summed E-state index contributed by atoms with van der Waals surface area (Å²) in [5, 5.41) is 0. The van der Waals surface area contributed by atoms with Crippen LogP contribution in [0.1, 0.15) is 49.8 Å². The van der Waals surface area contributed by atoms with E-state index in [1.165, 1.54) is 17.0 Å². The van der Waals surface area contributed by atoms with E-state index in [9.17, 15) is 18.4 Å². The molecule has 30 heavy (non-hydrogen) atoms. The minimum Gasteiger partial charge on any atom is -0.460 e. The van der Waals surface area contributed by atoms with Gasteiger partial charge in [0.15, 0.2) is 0 Å². The van der Waals surface area contributed by atoms with Crippen LogP contribution in [0.15, 0.2) is 53.7 Å². The number of hydrogen-bond acceptors (Lipinski definition) is 3. The van der Waals surface area contributed by atoms with Gasteiger partial charge in [0.2, 0.25) is 5.91 Å². The van der Waals surface area contributed by atoms with E-state index in [2.05, 4.69) is 0 Å². The van der Waals surface area contributed by atoms with Gasteiger partial charge in [-0.1, -0.05) is 24.3 Å². The zero-order valence-electron chi connectivity index (χ0n) is 17.5. The lowest BCUT2D eigenvalue weighted by Gasteiger charge is -2.35. The molecule has 6 heteroatoms. The summed E-state index contributed by atoms with van der Waals surface area (Å²) < 4.78 is 32.7. The number of ether oxygens (including phenoxy) is 1. The molecule has 0 bridgehead atoms. The number of carbonyl (C=O) groups excluding carboxylic acids is 2. The number of nitrogens with zero attached hydrogens (tertiary/aromatic N) is 1. The maximum Gasteiger partial charge on any atom is 0.336 e. The van der Waals surface area contributed by atoms with Gasteiger partial charge >= 0.3 is 5.97 Å². The minimum absolute atomic E-state index is 0.0295. The van der Waals surface area contributed by atoms with Crippen LogP contribution in [0.5, 0.6) is 0 Å². The summed E-state index contributed by atoms with van der Waals surface area (Å²) in [6, 6.07) is 10.8. The van der Waals surface area contributed by atoms with Gasteiger partial charge in [0.1, 0.15) is 11.6 Å². The molecule has 2 aromatic rings. The maximum absolute atomic E-state index is 13.6. The molecule has 1 atom stereocenters. The molecule has 1 heterocycles. The molecule has 0 fully saturated rings. The number of carbonyl (C=O) groups is 2. The first-order valence-corrected chi connectivity index (χ1v) is 9.90. The lowest BCUT2D eigenvalue weighted by atomic mass is 9.81. The van der Waals surface area contributed by atoms with Crippen molar-refractivity contribution in [3.63, 3.8) is 0 Å². The third-order valence-electron chi connectivity index (χ3n) is 5.21. The van der Waals surface area contributed by atoms with Gasteiger partial charge in [-0.3, -0.25) is 4.79 Å². The summed E-state index contributed by atoms with van der Waals surface area (Å²) in [5.41, 5.74) is 3.01. The fourth-order valence-electron chi connectivity index (χ4n) is 3.87. The van der Waals surface area contributed by atoms with Crippen molar-refractivity contribution in [2.45, 2.75) is 52.7 Å².